The molecule has 2 rings (SSSR count). The first kappa shape index (κ1) is 20.2. The zero-order valence-corrected chi connectivity index (χ0v) is 16.2. The second kappa shape index (κ2) is 10.8. The van der Waals surface area contributed by atoms with Crippen LogP contribution in [0.4, 0.5) is 4.79 Å². The third-order valence-electron chi connectivity index (χ3n) is 4.27. The molecule has 2 amide bonds. The lowest BCUT2D eigenvalue weighted by molar-refractivity contribution is -0.142. The number of hydrogen-bond donors (Lipinski definition) is 1. The van der Waals surface area contributed by atoms with Crippen molar-refractivity contribution in [2.24, 2.45) is 0 Å². The summed E-state index contributed by atoms with van der Waals surface area (Å²) in [5.74, 6) is 0.398. The number of nitrogens with one attached hydrogen (secondary N) is 1. The Morgan fingerprint density at radius 2 is 1.92 bits per heavy atom. The highest BCUT2D eigenvalue weighted by molar-refractivity contribution is 7.98. The van der Waals surface area contributed by atoms with Crippen molar-refractivity contribution in [3.63, 3.8) is 0 Å². The average molecular weight is 378 g/mol. The van der Waals surface area contributed by atoms with Crippen LogP contribution in [0.3, 0.4) is 0 Å². The zero-order chi connectivity index (χ0) is 18.8. The largest absolute Gasteiger partial charge is 0.467 e. The van der Waals surface area contributed by atoms with Crippen LogP contribution in [0.15, 0.2) is 36.5 Å². The normalized spacial score (nSPS) is 15.8. The van der Waals surface area contributed by atoms with Gasteiger partial charge in [0.05, 0.1) is 7.11 Å². The predicted molar refractivity (Wildman–Crippen MR) is 106 cm³/mol. The molecular weight excluding hydrogens is 350 g/mol. The standard InChI is InChI=1S/C19H27N3O3S/c1-25-18(23)17(9-15-26-2)20-19(24)22-13-11-21(12-14-22)10-8-16-6-4-3-5-7-16/h3-8,10,17H,9,11-15H2,1-2H3,(H,20,24)/b10-8+/t17-/m0/s1. The van der Waals surface area contributed by atoms with E-state index in [2.05, 4.69) is 34.6 Å². The molecule has 1 atom stereocenters. The Morgan fingerprint density at radius 1 is 1.23 bits per heavy atom. The van der Waals surface area contributed by atoms with Crippen LogP contribution in [-0.4, -0.2) is 73.1 Å². The van der Waals surface area contributed by atoms with Crippen molar-refractivity contribution in [1.82, 2.24) is 15.1 Å². The van der Waals surface area contributed by atoms with Gasteiger partial charge in [-0.25, -0.2) is 9.59 Å². The Balaban J connectivity index is 1.81. The van der Waals surface area contributed by atoms with Crippen molar-refractivity contribution in [2.45, 2.75) is 12.5 Å². The highest BCUT2D eigenvalue weighted by atomic mass is 32.2. The van der Waals surface area contributed by atoms with Crippen molar-refractivity contribution < 1.29 is 14.3 Å². The van der Waals surface area contributed by atoms with Crippen molar-refractivity contribution in [2.75, 3.05) is 45.3 Å². The van der Waals surface area contributed by atoms with Gasteiger partial charge in [-0.15, -0.1) is 0 Å². The summed E-state index contributed by atoms with van der Waals surface area (Å²) < 4.78 is 4.79. The molecule has 7 heteroatoms. The molecule has 1 aliphatic heterocycles. The Hall–Kier alpha value is -2.15. The Morgan fingerprint density at radius 3 is 2.54 bits per heavy atom. The Labute approximate surface area is 159 Å². The molecule has 0 aromatic heterocycles. The van der Waals surface area contributed by atoms with Crippen LogP contribution in [-0.2, 0) is 9.53 Å². The van der Waals surface area contributed by atoms with Gasteiger partial charge in [0.25, 0.3) is 0 Å². The first-order chi connectivity index (χ1) is 12.6. The number of urea groups is 1. The van der Waals surface area contributed by atoms with Gasteiger partial charge in [-0.2, -0.15) is 11.8 Å². The number of rotatable bonds is 7. The molecule has 0 aliphatic carbocycles. The molecule has 0 unspecified atom stereocenters. The summed E-state index contributed by atoms with van der Waals surface area (Å²) in [6.07, 6.45) is 6.68. The quantitative estimate of drug-likeness (QED) is 0.739. The van der Waals surface area contributed by atoms with Crippen molar-refractivity contribution in [3.05, 3.63) is 42.1 Å². The number of amides is 2. The molecule has 26 heavy (non-hydrogen) atoms. The van der Waals surface area contributed by atoms with Gasteiger partial charge >= 0.3 is 12.0 Å². The van der Waals surface area contributed by atoms with Crippen LogP contribution in [0.5, 0.6) is 0 Å². The maximum atomic E-state index is 12.4. The number of benzene rings is 1. The summed E-state index contributed by atoms with van der Waals surface area (Å²) in [4.78, 5) is 28.2. The topological polar surface area (TPSA) is 61.9 Å². The summed E-state index contributed by atoms with van der Waals surface area (Å²) in [5, 5.41) is 2.81. The van der Waals surface area contributed by atoms with Crippen LogP contribution in [0, 0.1) is 0 Å². The second-order valence-corrected chi connectivity index (χ2v) is 7.04. The summed E-state index contributed by atoms with van der Waals surface area (Å²) in [5.41, 5.74) is 1.15. The van der Waals surface area contributed by atoms with Gasteiger partial charge in [0.2, 0.25) is 0 Å². The van der Waals surface area contributed by atoms with Crippen LogP contribution in [0.1, 0.15) is 12.0 Å². The minimum Gasteiger partial charge on any atom is -0.467 e. The average Bonchev–Trinajstić information content (AvgIpc) is 2.70. The number of nitrogens with zero attached hydrogens (tertiary/aromatic N) is 2. The molecular formula is C19H27N3O3S. The molecule has 1 saturated heterocycles. The van der Waals surface area contributed by atoms with Crippen molar-refractivity contribution >= 4 is 29.8 Å². The molecule has 1 heterocycles. The first-order valence-corrected chi connectivity index (χ1v) is 10.1. The zero-order valence-electron chi connectivity index (χ0n) is 15.4. The predicted octanol–water partition coefficient (Wildman–Crippen LogP) is 2.28. The third-order valence-corrected chi connectivity index (χ3v) is 4.92. The number of hydrogen-bond acceptors (Lipinski definition) is 5. The number of piperazine rings is 1. The molecule has 1 fully saturated rings. The molecule has 0 spiro atoms. The van der Waals surface area contributed by atoms with E-state index in [1.165, 1.54) is 7.11 Å². The highest BCUT2D eigenvalue weighted by Gasteiger charge is 2.25. The van der Waals surface area contributed by atoms with E-state index in [4.69, 9.17) is 4.74 Å². The molecule has 0 saturated carbocycles. The smallest absolute Gasteiger partial charge is 0.328 e. The fraction of sp³-hybridized carbons (Fsp3) is 0.474. The fourth-order valence-electron chi connectivity index (χ4n) is 2.70. The molecule has 1 N–H and O–H groups in total. The molecule has 1 aromatic carbocycles. The van der Waals surface area contributed by atoms with Gasteiger partial charge in [0, 0.05) is 26.2 Å². The lowest BCUT2D eigenvalue weighted by Crippen LogP contribution is -2.54. The lowest BCUT2D eigenvalue weighted by atomic mass is 10.2. The van der Waals surface area contributed by atoms with Crippen LogP contribution in [0.2, 0.25) is 0 Å². The van der Waals surface area contributed by atoms with Gasteiger partial charge in [-0.1, -0.05) is 30.3 Å². The summed E-state index contributed by atoms with van der Waals surface area (Å²) in [7, 11) is 1.35. The van der Waals surface area contributed by atoms with E-state index in [1.807, 2.05) is 24.5 Å². The SMILES string of the molecule is COC(=O)[C@H](CCSC)NC(=O)N1CCN(/C=C/c2ccccc2)CC1. The van der Waals surface area contributed by atoms with Crippen LogP contribution in [0.25, 0.3) is 6.08 Å². The molecule has 6 nitrogen and oxygen atoms in total. The van der Waals surface area contributed by atoms with E-state index in [0.29, 0.717) is 19.5 Å². The Kier molecular flexibility index (Phi) is 8.34. The molecule has 0 bridgehead atoms. The monoisotopic (exact) mass is 377 g/mol. The van der Waals surface area contributed by atoms with Gasteiger partial charge in [0.1, 0.15) is 6.04 Å². The molecule has 1 aromatic rings. The minimum absolute atomic E-state index is 0.201. The van der Waals surface area contributed by atoms with E-state index in [1.54, 1.807) is 16.7 Å². The molecule has 142 valence electrons. The summed E-state index contributed by atoms with van der Waals surface area (Å²) in [6, 6.07) is 9.34. The van der Waals surface area contributed by atoms with Crippen molar-refractivity contribution in [3.8, 4) is 0 Å². The summed E-state index contributed by atoms with van der Waals surface area (Å²) in [6.45, 7) is 2.79. The number of carbonyl (C=O) groups excluding carboxylic acids is 2. The molecule has 1 aliphatic rings. The van der Waals surface area contributed by atoms with E-state index < -0.39 is 12.0 Å². The van der Waals surface area contributed by atoms with Gasteiger partial charge in [0.15, 0.2) is 0 Å². The lowest BCUT2D eigenvalue weighted by Gasteiger charge is -2.34. The highest BCUT2D eigenvalue weighted by Crippen LogP contribution is 2.08. The number of thioether (sulfide) groups is 1. The summed E-state index contributed by atoms with van der Waals surface area (Å²) >= 11 is 1.64. The first-order valence-electron chi connectivity index (χ1n) is 8.73. The van der Waals surface area contributed by atoms with E-state index >= 15 is 0 Å². The van der Waals surface area contributed by atoms with Gasteiger partial charge in [-0.3, -0.25) is 0 Å². The number of methoxy groups -OCH3 is 1. The fourth-order valence-corrected chi connectivity index (χ4v) is 3.17. The Bertz CT molecular complexity index is 601. The van der Waals surface area contributed by atoms with Gasteiger partial charge < -0.3 is 19.9 Å². The number of ether oxygens (including phenoxy) is 1. The van der Waals surface area contributed by atoms with E-state index in [-0.39, 0.29) is 6.03 Å². The maximum Gasteiger partial charge on any atom is 0.328 e. The number of carbonyl (C=O) groups is 2. The van der Waals surface area contributed by atoms with Crippen molar-refractivity contribution in [1.29, 1.82) is 0 Å². The minimum atomic E-state index is -0.587. The molecule has 0 radical (unpaired) electrons. The van der Waals surface area contributed by atoms with Crippen LogP contribution < -0.4 is 5.32 Å². The van der Waals surface area contributed by atoms with E-state index in [0.717, 1.165) is 24.4 Å². The van der Waals surface area contributed by atoms with Crippen LogP contribution >= 0.6 is 11.8 Å². The third kappa shape index (κ3) is 6.29. The van der Waals surface area contributed by atoms with E-state index in [9.17, 15) is 9.59 Å². The second-order valence-electron chi connectivity index (χ2n) is 6.06. The maximum absolute atomic E-state index is 12.4. The number of esters is 1. The van der Waals surface area contributed by atoms with Gasteiger partial charge in [-0.05, 0) is 36.3 Å².